The van der Waals surface area contributed by atoms with E-state index in [-0.39, 0.29) is 0 Å². The Hall–Kier alpha value is 0. The van der Waals surface area contributed by atoms with Crippen molar-refractivity contribution in [2.24, 2.45) is 22.7 Å². The van der Waals surface area contributed by atoms with Crippen LogP contribution in [0.4, 0.5) is 0 Å². The van der Waals surface area contributed by atoms with Crippen LogP contribution >= 0.6 is 0 Å². The van der Waals surface area contributed by atoms with Crippen LogP contribution in [-0.4, -0.2) is 0 Å². The molecule has 0 aromatic rings. The maximum Gasteiger partial charge on any atom is -0.0244 e. The van der Waals surface area contributed by atoms with Crippen molar-refractivity contribution in [3.8, 4) is 0 Å². The van der Waals surface area contributed by atoms with Gasteiger partial charge >= 0.3 is 0 Å². The average Bonchev–Trinajstić information content (AvgIpc) is 2.23. The van der Waals surface area contributed by atoms with Gasteiger partial charge in [0.1, 0.15) is 0 Å². The molecule has 13 heavy (non-hydrogen) atoms. The summed E-state index contributed by atoms with van der Waals surface area (Å²) >= 11 is 0. The van der Waals surface area contributed by atoms with Crippen LogP contribution in [-0.2, 0) is 0 Å². The van der Waals surface area contributed by atoms with E-state index in [2.05, 4.69) is 27.7 Å². The summed E-state index contributed by atoms with van der Waals surface area (Å²) in [6, 6.07) is 0. The third-order valence-electron chi connectivity index (χ3n) is 5.70. The molecule has 0 saturated heterocycles. The minimum absolute atomic E-state index is 0.562. The van der Waals surface area contributed by atoms with Crippen molar-refractivity contribution in [2.75, 3.05) is 0 Å². The van der Waals surface area contributed by atoms with Gasteiger partial charge in [-0.15, -0.1) is 0 Å². The van der Waals surface area contributed by atoms with E-state index in [4.69, 9.17) is 0 Å². The first-order valence-electron chi connectivity index (χ1n) is 6.01. The van der Waals surface area contributed by atoms with Gasteiger partial charge in [0.25, 0.3) is 0 Å². The molecular weight excluding hydrogens is 156 g/mol. The third-order valence-corrected chi connectivity index (χ3v) is 5.70. The van der Waals surface area contributed by atoms with Gasteiger partial charge in [0.05, 0.1) is 0 Å². The van der Waals surface area contributed by atoms with Gasteiger partial charge in [-0.3, -0.25) is 0 Å². The predicted molar refractivity (Wildman–Crippen MR) is 57.6 cm³/mol. The van der Waals surface area contributed by atoms with Gasteiger partial charge < -0.3 is 0 Å². The highest BCUT2D eigenvalue weighted by Gasteiger charge is 2.55. The van der Waals surface area contributed by atoms with Gasteiger partial charge in [-0.05, 0) is 48.3 Å². The normalized spacial score (nSPS) is 44.3. The van der Waals surface area contributed by atoms with E-state index < -0.39 is 0 Å². The van der Waals surface area contributed by atoms with E-state index in [0.29, 0.717) is 10.8 Å². The van der Waals surface area contributed by atoms with E-state index in [1.54, 1.807) is 0 Å². The molecule has 0 aliphatic heterocycles. The Balaban J connectivity index is 2.20. The van der Waals surface area contributed by atoms with Gasteiger partial charge in [0.2, 0.25) is 0 Å². The predicted octanol–water partition coefficient (Wildman–Crippen LogP) is 4.25. The van der Waals surface area contributed by atoms with Crippen molar-refractivity contribution >= 4 is 0 Å². The van der Waals surface area contributed by atoms with E-state index in [1.165, 1.54) is 32.1 Å². The minimum atomic E-state index is 0.562. The van der Waals surface area contributed by atoms with E-state index >= 15 is 0 Å². The van der Waals surface area contributed by atoms with Crippen LogP contribution in [0.5, 0.6) is 0 Å². The molecule has 0 bridgehead atoms. The topological polar surface area (TPSA) is 0 Å². The van der Waals surface area contributed by atoms with Crippen molar-refractivity contribution in [3.63, 3.8) is 0 Å². The molecule has 76 valence electrons. The molecule has 0 aromatic heterocycles. The molecule has 0 heterocycles. The number of fused-ring (bicyclic) bond motifs is 1. The summed E-state index contributed by atoms with van der Waals surface area (Å²) in [5.41, 5.74) is 1.22. The largest absolute Gasteiger partial charge is 0.0649 e. The van der Waals surface area contributed by atoms with Crippen molar-refractivity contribution in [1.29, 1.82) is 0 Å². The van der Waals surface area contributed by atoms with Crippen LogP contribution in [0.2, 0.25) is 0 Å². The molecule has 2 aliphatic carbocycles. The fourth-order valence-corrected chi connectivity index (χ4v) is 3.67. The zero-order chi connectivity index (χ0) is 9.69. The van der Waals surface area contributed by atoms with Crippen LogP contribution in [0.25, 0.3) is 0 Å². The molecule has 2 fully saturated rings. The van der Waals surface area contributed by atoms with Crippen LogP contribution in [0, 0.1) is 22.7 Å². The molecule has 0 nitrogen and oxygen atoms in total. The van der Waals surface area contributed by atoms with Gasteiger partial charge in [-0.1, -0.05) is 34.1 Å². The second kappa shape index (κ2) is 2.74. The van der Waals surface area contributed by atoms with Crippen molar-refractivity contribution in [3.05, 3.63) is 0 Å². The zero-order valence-electron chi connectivity index (χ0n) is 9.69. The first-order chi connectivity index (χ1) is 6.01. The molecule has 0 radical (unpaired) electrons. The molecule has 0 amide bonds. The summed E-state index contributed by atoms with van der Waals surface area (Å²) in [4.78, 5) is 0. The first-order valence-corrected chi connectivity index (χ1v) is 6.01. The first kappa shape index (κ1) is 9.55. The fraction of sp³-hybridized carbons (Fsp3) is 1.00. The smallest absolute Gasteiger partial charge is 0.0244 e. The molecule has 0 N–H and O–H groups in total. The second-order valence-electron chi connectivity index (χ2n) is 6.14. The molecule has 3 atom stereocenters. The zero-order valence-corrected chi connectivity index (χ0v) is 9.69. The lowest BCUT2D eigenvalue weighted by Gasteiger charge is -2.50. The summed E-state index contributed by atoms with van der Waals surface area (Å²) in [5, 5.41) is 0. The van der Waals surface area contributed by atoms with E-state index in [9.17, 15) is 0 Å². The highest BCUT2D eigenvalue weighted by molar-refractivity contribution is 5.05. The van der Waals surface area contributed by atoms with E-state index in [1.807, 2.05) is 0 Å². The Labute approximate surface area is 83.1 Å². The molecule has 2 aliphatic rings. The number of hydrogen-bond acceptors (Lipinski definition) is 0. The molecule has 0 spiro atoms. The second-order valence-corrected chi connectivity index (χ2v) is 6.14. The highest BCUT2D eigenvalue weighted by Crippen LogP contribution is 2.64. The summed E-state index contributed by atoms with van der Waals surface area (Å²) in [6.45, 7) is 9.87. The van der Waals surface area contributed by atoms with Crippen molar-refractivity contribution in [2.45, 2.75) is 59.8 Å². The van der Waals surface area contributed by atoms with Crippen LogP contribution in [0.15, 0.2) is 0 Å². The molecule has 2 rings (SSSR count). The summed E-state index contributed by atoms with van der Waals surface area (Å²) < 4.78 is 0. The number of rotatable bonds is 2. The Morgan fingerprint density at radius 2 is 1.92 bits per heavy atom. The third kappa shape index (κ3) is 1.10. The van der Waals surface area contributed by atoms with Crippen LogP contribution in [0.1, 0.15) is 59.8 Å². The van der Waals surface area contributed by atoms with Gasteiger partial charge in [-0.2, -0.15) is 0 Å². The summed E-state index contributed by atoms with van der Waals surface area (Å²) in [5.74, 6) is 2.18. The molecule has 2 saturated carbocycles. The van der Waals surface area contributed by atoms with Crippen molar-refractivity contribution < 1.29 is 0 Å². The Kier molecular flexibility index (Phi) is 2.02. The minimum Gasteiger partial charge on any atom is -0.0649 e. The Morgan fingerprint density at radius 1 is 1.23 bits per heavy atom. The highest BCUT2D eigenvalue weighted by atomic mass is 14.6. The summed E-state index contributed by atoms with van der Waals surface area (Å²) in [7, 11) is 0. The molecule has 0 heteroatoms. The van der Waals surface area contributed by atoms with Gasteiger partial charge in [-0.25, -0.2) is 0 Å². The Bertz CT molecular complexity index is 204. The Morgan fingerprint density at radius 3 is 2.31 bits per heavy atom. The standard InChI is InChI=1S/C13H24/c1-5-12(2,3)13(4)9-8-10-6-7-11(10)13/h10-11H,5-9H2,1-4H3. The SMILES string of the molecule is CCC(C)(C)C1(C)CCC2CCC21. The lowest BCUT2D eigenvalue weighted by Crippen LogP contribution is -2.42. The maximum absolute atomic E-state index is 2.56. The average molecular weight is 180 g/mol. The van der Waals surface area contributed by atoms with Crippen molar-refractivity contribution in [1.82, 2.24) is 0 Å². The lowest BCUT2D eigenvalue weighted by atomic mass is 9.55. The lowest BCUT2D eigenvalue weighted by molar-refractivity contribution is -0.0104. The molecule has 3 unspecified atom stereocenters. The quantitative estimate of drug-likeness (QED) is 0.596. The van der Waals surface area contributed by atoms with Crippen LogP contribution < -0.4 is 0 Å². The molecule has 0 aromatic carbocycles. The fourth-order valence-electron chi connectivity index (χ4n) is 3.67. The monoisotopic (exact) mass is 180 g/mol. The van der Waals surface area contributed by atoms with Gasteiger partial charge in [0, 0.05) is 0 Å². The van der Waals surface area contributed by atoms with Gasteiger partial charge in [0.15, 0.2) is 0 Å². The number of hydrogen-bond donors (Lipinski definition) is 0. The molecular formula is C13H24. The van der Waals surface area contributed by atoms with Crippen LogP contribution in [0.3, 0.4) is 0 Å². The van der Waals surface area contributed by atoms with E-state index in [0.717, 1.165) is 11.8 Å². The summed E-state index contributed by atoms with van der Waals surface area (Å²) in [6.07, 6.45) is 7.39. The maximum atomic E-state index is 2.56.